The Morgan fingerprint density at radius 3 is 2.50 bits per heavy atom. The minimum atomic E-state index is -0.995. The standard InChI is InChI=1S/C14H17N3O2S/c1-9(2)8-17(14(18)19)13-16-15-12(20-13)11-6-4-10(3)5-7-11/h4-7,9H,8H2,1-3H3,(H,18,19). The van der Waals surface area contributed by atoms with Crippen LogP contribution in [0.2, 0.25) is 0 Å². The van der Waals surface area contributed by atoms with Crippen molar-refractivity contribution in [3.8, 4) is 10.6 Å². The van der Waals surface area contributed by atoms with Crippen molar-refractivity contribution in [3.05, 3.63) is 29.8 Å². The molecule has 0 saturated carbocycles. The lowest BCUT2D eigenvalue weighted by atomic mass is 10.2. The summed E-state index contributed by atoms with van der Waals surface area (Å²) in [5.74, 6) is 0.234. The third-order valence-corrected chi connectivity index (χ3v) is 3.72. The van der Waals surface area contributed by atoms with Gasteiger partial charge in [0.25, 0.3) is 0 Å². The smallest absolute Gasteiger partial charge is 0.413 e. The zero-order valence-electron chi connectivity index (χ0n) is 11.7. The third kappa shape index (κ3) is 3.33. The molecule has 1 aromatic carbocycles. The number of hydrogen-bond acceptors (Lipinski definition) is 4. The third-order valence-electron chi connectivity index (χ3n) is 2.72. The highest BCUT2D eigenvalue weighted by atomic mass is 32.1. The van der Waals surface area contributed by atoms with Crippen LogP contribution in [0.3, 0.4) is 0 Å². The molecule has 0 aliphatic heterocycles. The number of nitrogens with zero attached hydrogens (tertiary/aromatic N) is 3. The van der Waals surface area contributed by atoms with Crippen LogP contribution in [-0.4, -0.2) is 27.9 Å². The van der Waals surface area contributed by atoms with Gasteiger partial charge in [0, 0.05) is 12.1 Å². The highest BCUT2D eigenvalue weighted by Crippen LogP contribution is 2.29. The molecule has 0 bridgehead atoms. The highest BCUT2D eigenvalue weighted by Gasteiger charge is 2.20. The first-order chi connectivity index (χ1) is 9.47. The molecule has 0 radical (unpaired) electrons. The van der Waals surface area contributed by atoms with E-state index in [9.17, 15) is 9.90 Å². The summed E-state index contributed by atoms with van der Waals surface area (Å²) in [6, 6.07) is 7.93. The minimum Gasteiger partial charge on any atom is -0.465 e. The summed E-state index contributed by atoms with van der Waals surface area (Å²) in [5, 5.41) is 18.5. The normalized spacial score (nSPS) is 10.8. The molecule has 0 atom stereocenters. The Hall–Kier alpha value is -1.95. The maximum Gasteiger partial charge on any atom is 0.413 e. The van der Waals surface area contributed by atoms with Gasteiger partial charge < -0.3 is 5.11 Å². The van der Waals surface area contributed by atoms with Crippen molar-refractivity contribution in [2.45, 2.75) is 20.8 Å². The van der Waals surface area contributed by atoms with E-state index in [1.54, 1.807) is 0 Å². The number of rotatable bonds is 4. The number of anilines is 1. The van der Waals surface area contributed by atoms with Gasteiger partial charge in [-0.25, -0.2) is 4.79 Å². The molecule has 0 saturated heterocycles. The van der Waals surface area contributed by atoms with E-state index in [4.69, 9.17) is 0 Å². The Kier molecular flexibility index (Phi) is 4.34. The van der Waals surface area contributed by atoms with E-state index < -0.39 is 6.09 Å². The first-order valence-electron chi connectivity index (χ1n) is 6.38. The molecule has 1 N–H and O–H groups in total. The van der Waals surface area contributed by atoms with E-state index >= 15 is 0 Å². The number of carbonyl (C=O) groups is 1. The molecule has 2 rings (SSSR count). The first kappa shape index (κ1) is 14.5. The van der Waals surface area contributed by atoms with Crippen LogP contribution in [0.15, 0.2) is 24.3 Å². The van der Waals surface area contributed by atoms with Gasteiger partial charge in [-0.2, -0.15) is 0 Å². The number of aryl methyl sites for hydroxylation is 1. The zero-order chi connectivity index (χ0) is 14.7. The lowest BCUT2D eigenvalue weighted by molar-refractivity contribution is 0.201. The SMILES string of the molecule is Cc1ccc(-c2nnc(N(CC(C)C)C(=O)O)s2)cc1. The molecule has 0 spiro atoms. The number of benzene rings is 1. The van der Waals surface area contributed by atoms with Gasteiger partial charge in [-0.05, 0) is 12.8 Å². The quantitative estimate of drug-likeness (QED) is 0.933. The molecule has 1 heterocycles. The fraction of sp³-hybridized carbons (Fsp3) is 0.357. The van der Waals surface area contributed by atoms with Gasteiger partial charge in [-0.1, -0.05) is 55.0 Å². The van der Waals surface area contributed by atoms with Gasteiger partial charge in [0.2, 0.25) is 5.13 Å². The molecule has 0 aliphatic rings. The average Bonchev–Trinajstić information content (AvgIpc) is 2.85. The van der Waals surface area contributed by atoms with Gasteiger partial charge in [0.1, 0.15) is 5.01 Å². The lowest BCUT2D eigenvalue weighted by Crippen LogP contribution is -2.32. The van der Waals surface area contributed by atoms with Crippen LogP contribution in [-0.2, 0) is 0 Å². The molecule has 5 nitrogen and oxygen atoms in total. The summed E-state index contributed by atoms with van der Waals surface area (Å²) < 4.78 is 0. The van der Waals surface area contributed by atoms with Crippen LogP contribution >= 0.6 is 11.3 Å². The molecule has 2 aromatic rings. The van der Waals surface area contributed by atoms with Gasteiger partial charge in [-0.15, -0.1) is 10.2 Å². The van der Waals surface area contributed by atoms with Crippen molar-refractivity contribution in [3.63, 3.8) is 0 Å². The summed E-state index contributed by atoms with van der Waals surface area (Å²) in [4.78, 5) is 12.5. The Labute approximate surface area is 121 Å². The zero-order valence-corrected chi connectivity index (χ0v) is 12.5. The second-order valence-corrected chi connectivity index (χ2v) is 6.00. The molecule has 0 unspecified atom stereocenters. The van der Waals surface area contributed by atoms with Gasteiger partial charge in [0.05, 0.1) is 0 Å². The molecule has 1 aromatic heterocycles. The van der Waals surface area contributed by atoms with E-state index in [0.29, 0.717) is 11.7 Å². The van der Waals surface area contributed by atoms with E-state index in [-0.39, 0.29) is 5.92 Å². The maximum atomic E-state index is 11.3. The Bertz CT molecular complexity index is 593. The Morgan fingerprint density at radius 2 is 1.95 bits per heavy atom. The number of hydrogen-bond donors (Lipinski definition) is 1. The van der Waals surface area contributed by atoms with Crippen LogP contribution in [0.1, 0.15) is 19.4 Å². The fourth-order valence-electron chi connectivity index (χ4n) is 1.74. The van der Waals surface area contributed by atoms with Gasteiger partial charge >= 0.3 is 6.09 Å². The highest BCUT2D eigenvalue weighted by molar-refractivity contribution is 7.18. The predicted molar refractivity (Wildman–Crippen MR) is 80.3 cm³/mol. The molecule has 6 heteroatoms. The molecule has 106 valence electrons. The van der Waals surface area contributed by atoms with E-state index in [1.165, 1.54) is 21.8 Å². The monoisotopic (exact) mass is 291 g/mol. The molecule has 1 amide bonds. The van der Waals surface area contributed by atoms with Crippen molar-refractivity contribution >= 4 is 22.6 Å². The number of aromatic nitrogens is 2. The maximum absolute atomic E-state index is 11.3. The molecule has 20 heavy (non-hydrogen) atoms. The van der Waals surface area contributed by atoms with Crippen LogP contribution in [0.5, 0.6) is 0 Å². The van der Waals surface area contributed by atoms with Crippen molar-refractivity contribution in [1.29, 1.82) is 0 Å². The minimum absolute atomic E-state index is 0.234. The second kappa shape index (κ2) is 6.00. The topological polar surface area (TPSA) is 66.3 Å². The van der Waals surface area contributed by atoms with Gasteiger partial charge in [-0.3, -0.25) is 4.90 Å². The molecular formula is C14H17N3O2S. The van der Waals surface area contributed by atoms with Crippen molar-refractivity contribution in [2.75, 3.05) is 11.4 Å². The summed E-state index contributed by atoms with van der Waals surface area (Å²) in [5.41, 5.74) is 2.12. The van der Waals surface area contributed by atoms with Crippen LogP contribution in [0.25, 0.3) is 10.6 Å². The van der Waals surface area contributed by atoms with Gasteiger partial charge in [0.15, 0.2) is 0 Å². The number of carboxylic acid groups (broad SMARTS) is 1. The van der Waals surface area contributed by atoms with Crippen molar-refractivity contribution < 1.29 is 9.90 Å². The van der Waals surface area contributed by atoms with Crippen LogP contribution in [0.4, 0.5) is 9.93 Å². The Balaban J connectivity index is 2.26. The summed E-state index contributed by atoms with van der Waals surface area (Å²) in [6.45, 7) is 6.37. The van der Waals surface area contributed by atoms with E-state index in [2.05, 4.69) is 10.2 Å². The molecule has 0 fully saturated rings. The molecule has 0 aliphatic carbocycles. The summed E-state index contributed by atoms with van der Waals surface area (Å²) in [6.07, 6.45) is -0.995. The lowest BCUT2D eigenvalue weighted by Gasteiger charge is -2.17. The number of amides is 1. The van der Waals surface area contributed by atoms with Crippen LogP contribution < -0.4 is 4.90 Å². The summed E-state index contributed by atoms with van der Waals surface area (Å²) in [7, 11) is 0. The van der Waals surface area contributed by atoms with E-state index in [1.807, 2.05) is 45.0 Å². The van der Waals surface area contributed by atoms with Crippen molar-refractivity contribution in [1.82, 2.24) is 10.2 Å². The average molecular weight is 291 g/mol. The fourth-order valence-corrected chi connectivity index (χ4v) is 2.59. The van der Waals surface area contributed by atoms with E-state index in [0.717, 1.165) is 10.6 Å². The predicted octanol–water partition coefficient (Wildman–Crippen LogP) is 3.65. The van der Waals surface area contributed by atoms with Crippen molar-refractivity contribution in [2.24, 2.45) is 5.92 Å². The largest absolute Gasteiger partial charge is 0.465 e. The summed E-state index contributed by atoms with van der Waals surface area (Å²) >= 11 is 1.29. The second-order valence-electron chi connectivity index (χ2n) is 5.04. The molecular weight excluding hydrogens is 274 g/mol. The Morgan fingerprint density at radius 1 is 1.30 bits per heavy atom. The van der Waals surface area contributed by atoms with Crippen LogP contribution in [0, 0.1) is 12.8 Å². The first-order valence-corrected chi connectivity index (χ1v) is 7.20.